The number of hydrogen-bond donors (Lipinski definition) is 0. The summed E-state index contributed by atoms with van der Waals surface area (Å²) in [4.78, 5) is 2.46. The van der Waals surface area contributed by atoms with Gasteiger partial charge >= 0.3 is 0 Å². The first-order chi connectivity index (χ1) is 36.5. The van der Waals surface area contributed by atoms with Gasteiger partial charge in [-0.2, -0.15) is 0 Å². The van der Waals surface area contributed by atoms with Gasteiger partial charge in [0.15, 0.2) is 0 Å². The predicted molar refractivity (Wildman–Crippen MR) is 313 cm³/mol. The standard InChI is InChI=1S/C73H51N/c1-73(2)62-35-19-18-32-59(62)70-63(73)36-21-37-64(70)74(55-42-38-49(39-43-55)48-22-8-3-9-23-48)56-44-40-50(41-45-56)57-46-47-61-69-58(57)33-20-34-60(69)71-67(53-28-14-6-15-29-53)65(51-24-10-4-11-25-51)66(52-26-12-5-13-27-52)68(72(61)71)54-30-16-7-17-31-54/h3-47H,1-2H3. The van der Waals surface area contributed by atoms with Crippen LogP contribution < -0.4 is 4.90 Å². The third kappa shape index (κ3) is 6.85. The lowest BCUT2D eigenvalue weighted by atomic mass is 9.76. The number of anilines is 3. The van der Waals surface area contributed by atoms with Gasteiger partial charge in [0, 0.05) is 22.4 Å². The molecule has 12 aromatic rings. The summed E-state index contributed by atoms with van der Waals surface area (Å²) in [5, 5.41) is 2.54. The molecule has 1 nitrogen and oxygen atoms in total. The summed E-state index contributed by atoms with van der Waals surface area (Å²) in [5.41, 5.74) is 28.3. The van der Waals surface area contributed by atoms with Crippen LogP contribution in [-0.4, -0.2) is 0 Å². The predicted octanol–water partition coefficient (Wildman–Crippen LogP) is 20.3. The highest BCUT2D eigenvalue weighted by Gasteiger charge is 2.38. The van der Waals surface area contributed by atoms with Crippen LogP contribution in [0.5, 0.6) is 0 Å². The zero-order valence-electron chi connectivity index (χ0n) is 41.4. The third-order valence-electron chi connectivity index (χ3n) is 15.8. The monoisotopic (exact) mass is 941 g/mol. The molecule has 0 heterocycles. The summed E-state index contributed by atoms with van der Waals surface area (Å²) < 4.78 is 0. The number of fused-ring (bicyclic) bond motifs is 6. The summed E-state index contributed by atoms with van der Waals surface area (Å²) >= 11 is 0. The fourth-order valence-electron chi connectivity index (χ4n) is 12.5. The molecule has 0 unspecified atom stereocenters. The Kier molecular flexibility index (Phi) is 10.3. The van der Waals surface area contributed by atoms with Gasteiger partial charge in [-0.15, -0.1) is 0 Å². The average Bonchev–Trinajstić information content (AvgIpc) is 3.94. The highest BCUT2D eigenvalue weighted by Crippen LogP contribution is 2.62. The molecule has 12 aromatic carbocycles. The molecule has 14 rings (SSSR count). The van der Waals surface area contributed by atoms with Crippen LogP contribution in [0.15, 0.2) is 273 Å². The Morgan fingerprint density at radius 2 is 0.622 bits per heavy atom. The third-order valence-corrected chi connectivity index (χ3v) is 15.8. The molecule has 0 fully saturated rings. The Hall–Kier alpha value is -9.30. The molecule has 0 aromatic heterocycles. The highest BCUT2D eigenvalue weighted by molar-refractivity contribution is 6.27. The molecule has 2 aliphatic rings. The smallest absolute Gasteiger partial charge is 0.0543 e. The number of hydrogen-bond acceptors (Lipinski definition) is 1. The van der Waals surface area contributed by atoms with Crippen LogP contribution in [-0.2, 0) is 5.41 Å². The molecular weight excluding hydrogens is 891 g/mol. The number of benzene rings is 12. The molecule has 0 bridgehead atoms. The maximum Gasteiger partial charge on any atom is 0.0543 e. The van der Waals surface area contributed by atoms with Gasteiger partial charge in [0.25, 0.3) is 0 Å². The summed E-state index contributed by atoms with van der Waals surface area (Å²) in [7, 11) is 0. The van der Waals surface area contributed by atoms with Gasteiger partial charge in [0.05, 0.1) is 5.69 Å². The number of nitrogens with zero attached hydrogens (tertiary/aromatic N) is 1. The lowest BCUT2D eigenvalue weighted by molar-refractivity contribution is 0.660. The molecule has 0 N–H and O–H groups in total. The average molecular weight is 942 g/mol. The van der Waals surface area contributed by atoms with Crippen LogP contribution in [0.2, 0.25) is 0 Å². The van der Waals surface area contributed by atoms with E-state index in [9.17, 15) is 0 Å². The quantitative estimate of drug-likeness (QED) is 0.139. The number of rotatable bonds is 9. The van der Waals surface area contributed by atoms with Crippen molar-refractivity contribution in [3.63, 3.8) is 0 Å². The zero-order valence-corrected chi connectivity index (χ0v) is 41.4. The zero-order chi connectivity index (χ0) is 49.3. The molecule has 0 spiro atoms. The Morgan fingerprint density at radius 1 is 0.243 bits per heavy atom. The SMILES string of the molecule is CC1(C)c2ccccc2-c2c(N(c3ccc(-c4ccccc4)cc3)c3ccc(-c4ccc5c6c(cccc46)-c4c(-c6ccccc6)c(-c6ccccc6)c(-c6ccccc6)c(-c6ccccc6)c4-5)cc3)cccc21. The Balaban J connectivity index is 0.974. The molecule has 0 atom stereocenters. The van der Waals surface area contributed by atoms with Gasteiger partial charge in [-0.3, -0.25) is 0 Å². The Morgan fingerprint density at radius 3 is 1.15 bits per heavy atom. The van der Waals surface area contributed by atoms with E-state index < -0.39 is 0 Å². The second-order valence-corrected chi connectivity index (χ2v) is 20.3. The Bertz CT molecular complexity index is 3970. The fourth-order valence-corrected chi connectivity index (χ4v) is 12.5. The summed E-state index contributed by atoms with van der Waals surface area (Å²) in [6.45, 7) is 4.72. The van der Waals surface area contributed by atoms with Gasteiger partial charge in [0.1, 0.15) is 0 Å². The largest absolute Gasteiger partial charge is 0.310 e. The van der Waals surface area contributed by atoms with E-state index in [1.54, 1.807) is 0 Å². The first kappa shape index (κ1) is 43.5. The minimum Gasteiger partial charge on any atom is -0.310 e. The lowest BCUT2D eigenvalue weighted by Gasteiger charge is -2.29. The van der Waals surface area contributed by atoms with Crippen molar-refractivity contribution in [1.29, 1.82) is 0 Å². The van der Waals surface area contributed by atoms with E-state index in [4.69, 9.17) is 0 Å². The fraction of sp³-hybridized carbons (Fsp3) is 0.0411. The first-order valence-electron chi connectivity index (χ1n) is 25.8. The van der Waals surface area contributed by atoms with Crippen molar-refractivity contribution in [2.75, 3.05) is 4.90 Å². The highest BCUT2D eigenvalue weighted by atomic mass is 15.1. The van der Waals surface area contributed by atoms with Crippen LogP contribution in [0, 0.1) is 0 Å². The molecular formula is C73H51N. The second kappa shape index (κ2) is 17.5. The van der Waals surface area contributed by atoms with Gasteiger partial charge in [-0.05, 0) is 147 Å². The Labute approximate surface area is 434 Å². The summed E-state index contributed by atoms with van der Waals surface area (Å²) in [5.74, 6) is 0. The van der Waals surface area contributed by atoms with Gasteiger partial charge in [0.2, 0.25) is 0 Å². The van der Waals surface area contributed by atoms with Crippen molar-refractivity contribution in [2.45, 2.75) is 19.3 Å². The van der Waals surface area contributed by atoms with Gasteiger partial charge in [-0.25, -0.2) is 0 Å². The van der Waals surface area contributed by atoms with E-state index in [0.717, 1.165) is 11.4 Å². The molecule has 0 aliphatic heterocycles. The molecule has 0 saturated carbocycles. The normalized spacial score (nSPS) is 12.6. The molecule has 0 radical (unpaired) electrons. The van der Waals surface area contributed by atoms with E-state index in [0.29, 0.717) is 0 Å². The van der Waals surface area contributed by atoms with Crippen molar-refractivity contribution in [3.8, 4) is 100 Å². The molecule has 2 aliphatic carbocycles. The van der Waals surface area contributed by atoms with Crippen LogP contribution in [0.3, 0.4) is 0 Å². The van der Waals surface area contributed by atoms with Crippen LogP contribution in [0.1, 0.15) is 25.0 Å². The van der Waals surface area contributed by atoms with Gasteiger partial charge < -0.3 is 4.90 Å². The van der Waals surface area contributed by atoms with Gasteiger partial charge in [-0.1, -0.05) is 257 Å². The molecule has 0 saturated heterocycles. The first-order valence-corrected chi connectivity index (χ1v) is 25.8. The molecule has 1 heteroatoms. The lowest BCUT2D eigenvalue weighted by Crippen LogP contribution is -2.16. The van der Waals surface area contributed by atoms with E-state index in [1.807, 2.05) is 0 Å². The van der Waals surface area contributed by atoms with E-state index >= 15 is 0 Å². The topological polar surface area (TPSA) is 3.24 Å². The van der Waals surface area contributed by atoms with Crippen molar-refractivity contribution in [3.05, 3.63) is 284 Å². The van der Waals surface area contributed by atoms with E-state index in [1.165, 1.54) is 128 Å². The molecule has 348 valence electrons. The van der Waals surface area contributed by atoms with Crippen molar-refractivity contribution >= 4 is 27.8 Å². The van der Waals surface area contributed by atoms with E-state index in [-0.39, 0.29) is 5.41 Å². The maximum atomic E-state index is 2.46. The summed E-state index contributed by atoms with van der Waals surface area (Å²) in [6, 6.07) is 101. The molecule has 74 heavy (non-hydrogen) atoms. The minimum atomic E-state index is -0.125. The van der Waals surface area contributed by atoms with Crippen molar-refractivity contribution in [1.82, 2.24) is 0 Å². The van der Waals surface area contributed by atoms with Crippen LogP contribution in [0.4, 0.5) is 17.1 Å². The minimum absolute atomic E-state index is 0.125. The van der Waals surface area contributed by atoms with Crippen molar-refractivity contribution < 1.29 is 0 Å². The maximum absolute atomic E-state index is 2.46. The summed E-state index contributed by atoms with van der Waals surface area (Å²) in [6.07, 6.45) is 0. The van der Waals surface area contributed by atoms with Crippen LogP contribution >= 0.6 is 0 Å². The van der Waals surface area contributed by atoms with E-state index in [2.05, 4.69) is 292 Å². The van der Waals surface area contributed by atoms with Crippen molar-refractivity contribution in [2.24, 2.45) is 0 Å². The second-order valence-electron chi connectivity index (χ2n) is 20.3. The molecule has 0 amide bonds. The van der Waals surface area contributed by atoms with Crippen LogP contribution in [0.25, 0.3) is 111 Å².